The van der Waals surface area contributed by atoms with Gasteiger partial charge >= 0.3 is 0 Å². The monoisotopic (exact) mass is 268 g/mol. The third-order valence-corrected chi connectivity index (χ3v) is 2.35. The van der Waals surface area contributed by atoms with Gasteiger partial charge in [0.2, 0.25) is 17.2 Å². The van der Waals surface area contributed by atoms with E-state index >= 15 is 0 Å². The van der Waals surface area contributed by atoms with Gasteiger partial charge in [-0.1, -0.05) is 0 Å². The van der Waals surface area contributed by atoms with E-state index in [0.717, 1.165) is 0 Å². The summed E-state index contributed by atoms with van der Waals surface area (Å²) in [6.45, 7) is 1.91. The lowest BCUT2D eigenvalue weighted by atomic mass is 10.3. The molecule has 2 aromatic rings. The first kappa shape index (κ1) is 12.5. The van der Waals surface area contributed by atoms with Crippen molar-refractivity contribution in [3.05, 3.63) is 17.4 Å². The van der Waals surface area contributed by atoms with Crippen LogP contribution in [-0.2, 0) is 0 Å². The van der Waals surface area contributed by atoms with Gasteiger partial charge < -0.3 is 10.2 Å². The standard InChI is InChI=1S/C9H13ClN8/c1-5(6-11-4-12-17-6)13-8-14-7(10)15-9(16-8)18(2)3/h4-5H,1-3H3,(H,11,12,17)(H,13,14,15,16). The van der Waals surface area contributed by atoms with E-state index in [0.29, 0.717) is 17.7 Å². The number of anilines is 2. The zero-order chi connectivity index (χ0) is 13.1. The molecule has 0 aliphatic carbocycles. The second kappa shape index (κ2) is 5.13. The van der Waals surface area contributed by atoms with Gasteiger partial charge in [-0.25, -0.2) is 4.98 Å². The zero-order valence-electron chi connectivity index (χ0n) is 10.2. The topological polar surface area (TPSA) is 95.5 Å². The molecule has 0 bridgehead atoms. The van der Waals surface area contributed by atoms with Crippen molar-refractivity contribution in [2.75, 3.05) is 24.3 Å². The molecule has 1 unspecified atom stereocenters. The minimum absolute atomic E-state index is 0.110. The fourth-order valence-electron chi connectivity index (χ4n) is 1.29. The molecule has 2 heterocycles. The van der Waals surface area contributed by atoms with Crippen molar-refractivity contribution in [2.24, 2.45) is 0 Å². The maximum atomic E-state index is 5.84. The summed E-state index contributed by atoms with van der Waals surface area (Å²) in [4.78, 5) is 18.0. The molecule has 2 aromatic heterocycles. The van der Waals surface area contributed by atoms with Crippen LogP contribution in [0.25, 0.3) is 0 Å². The van der Waals surface area contributed by atoms with E-state index < -0.39 is 0 Å². The molecule has 0 aliphatic rings. The average Bonchev–Trinajstić information content (AvgIpc) is 2.81. The Balaban J connectivity index is 2.18. The van der Waals surface area contributed by atoms with Crippen LogP contribution in [0.4, 0.5) is 11.9 Å². The summed E-state index contributed by atoms with van der Waals surface area (Å²) in [5.74, 6) is 1.57. The number of rotatable bonds is 4. The largest absolute Gasteiger partial charge is 0.347 e. The molecule has 0 radical (unpaired) electrons. The number of halogens is 1. The summed E-state index contributed by atoms with van der Waals surface area (Å²) in [5, 5.41) is 9.77. The smallest absolute Gasteiger partial charge is 0.230 e. The highest BCUT2D eigenvalue weighted by Crippen LogP contribution is 2.16. The maximum Gasteiger partial charge on any atom is 0.230 e. The van der Waals surface area contributed by atoms with Gasteiger partial charge in [0.05, 0.1) is 6.04 Å². The maximum absolute atomic E-state index is 5.84. The Morgan fingerprint density at radius 1 is 1.33 bits per heavy atom. The van der Waals surface area contributed by atoms with Crippen LogP contribution in [0.3, 0.4) is 0 Å². The summed E-state index contributed by atoms with van der Waals surface area (Å²) < 4.78 is 0. The van der Waals surface area contributed by atoms with Crippen LogP contribution in [0.5, 0.6) is 0 Å². The molecule has 0 spiro atoms. The molecule has 9 heteroatoms. The van der Waals surface area contributed by atoms with E-state index in [1.165, 1.54) is 6.33 Å². The van der Waals surface area contributed by atoms with E-state index in [2.05, 4.69) is 35.5 Å². The zero-order valence-corrected chi connectivity index (χ0v) is 11.0. The molecule has 8 nitrogen and oxygen atoms in total. The Bertz CT molecular complexity index is 511. The third kappa shape index (κ3) is 2.83. The first-order valence-corrected chi connectivity index (χ1v) is 5.64. The Kier molecular flexibility index (Phi) is 3.56. The van der Waals surface area contributed by atoms with Crippen LogP contribution in [0.2, 0.25) is 5.28 Å². The molecule has 0 amide bonds. The van der Waals surface area contributed by atoms with Crippen LogP contribution in [-0.4, -0.2) is 44.2 Å². The van der Waals surface area contributed by atoms with Crippen molar-refractivity contribution in [3.8, 4) is 0 Å². The highest BCUT2D eigenvalue weighted by atomic mass is 35.5. The normalized spacial score (nSPS) is 12.2. The van der Waals surface area contributed by atoms with Gasteiger partial charge in [-0.2, -0.15) is 20.1 Å². The molecule has 1 atom stereocenters. The van der Waals surface area contributed by atoms with Crippen LogP contribution in [0.1, 0.15) is 18.8 Å². The summed E-state index contributed by atoms with van der Waals surface area (Å²) in [6.07, 6.45) is 1.44. The molecular weight excluding hydrogens is 256 g/mol. The SMILES string of the molecule is CC(Nc1nc(Cl)nc(N(C)C)n1)c1ncn[nH]1. The van der Waals surface area contributed by atoms with E-state index in [1.807, 2.05) is 21.0 Å². The van der Waals surface area contributed by atoms with E-state index in [1.54, 1.807) is 4.90 Å². The highest BCUT2D eigenvalue weighted by molar-refractivity contribution is 6.28. The second-order valence-electron chi connectivity index (χ2n) is 3.86. The number of H-pyrrole nitrogens is 1. The summed E-state index contributed by atoms with van der Waals surface area (Å²) >= 11 is 5.84. The van der Waals surface area contributed by atoms with Gasteiger partial charge in [0.1, 0.15) is 12.2 Å². The van der Waals surface area contributed by atoms with Gasteiger partial charge in [-0.15, -0.1) is 0 Å². The molecule has 0 saturated heterocycles. The van der Waals surface area contributed by atoms with Gasteiger partial charge in [0.25, 0.3) is 0 Å². The highest BCUT2D eigenvalue weighted by Gasteiger charge is 2.12. The molecule has 2 N–H and O–H groups in total. The van der Waals surface area contributed by atoms with Crippen molar-refractivity contribution < 1.29 is 0 Å². The van der Waals surface area contributed by atoms with Crippen molar-refractivity contribution >= 4 is 23.5 Å². The van der Waals surface area contributed by atoms with Crippen molar-refractivity contribution in [3.63, 3.8) is 0 Å². The molecule has 0 aromatic carbocycles. The van der Waals surface area contributed by atoms with Gasteiger partial charge in [-0.05, 0) is 18.5 Å². The van der Waals surface area contributed by atoms with E-state index in [4.69, 9.17) is 11.6 Å². The fraction of sp³-hybridized carbons (Fsp3) is 0.444. The number of aromatic amines is 1. The lowest BCUT2D eigenvalue weighted by Gasteiger charge is -2.14. The van der Waals surface area contributed by atoms with E-state index in [-0.39, 0.29) is 11.3 Å². The fourth-order valence-corrected chi connectivity index (χ4v) is 1.45. The Hall–Kier alpha value is -1.96. The van der Waals surface area contributed by atoms with E-state index in [9.17, 15) is 0 Å². The van der Waals surface area contributed by atoms with Crippen LogP contribution >= 0.6 is 11.6 Å². The van der Waals surface area contributed by atoms with Crippen molar-refractivity contribution in [2.45, 2.75) is 13.0 Å². The number of aromatic nitrogens is 6. The molecule has 0 fully saturated rings. The summed E-state index contributed by atoms with van der Waals surface area (Å²) in [5.41, 5.74) is 0. The van der Waals surface area contributed by atoms with Crippen LogP contribution < -0.4 is 10.2 Å². The molecular formula is C9H13ClN8. The summed E-state index contributed by atoms with van der Waals surface area (Å²) in [6, 6.07) is -0.110. The lowest BCUT2D eigenvalue weighted by molar-refractivity contribution is 0.778. The average molecular weight is 269 g/mol. The van der Waals surface area contributed by atoms with Crippen molar-refractivity contribution in [1.82, 2.24) is 30.1 Å². The van der Waals surface area contributed by atoms with Gasteiger partial charge in [0, 0.05) is 14.1 Å². The second-order valence-corrected chi connectivity index (χ2v) is 4.20. The first-order chi connectivity index (χ1) is 8.56. The molecule has 0 saturated carbocycles. The van der Waals surface area contributed by atoms with Crippen molar-refractivity contribution in [1.29, 1.82) is 0 Å². The molecule has 18 heavy (non-hydrogen) atoms. The first-order valence-electron chi connectivity index (χ1n) is 5.27. The molecule has 96 valence electrons. The number of hydrogen-bond donors (Lipinski definition) is 2. The molecule has 0 aliphatic heterocycles. The van der Waals surface area contributed by atoms with Crippen LogP contribution in [0, 0.1) is 0 Å². The predicted molar refractivity (Wildman–Crippen MR) is 67.6 cm³/mol. The Labute approximate surface area is 109 Å². The van der Waals surface area contributed by atoms with Gasteiger partial charge in [0.15, 0.2) is 0 Å². The minimum Gasteiger partial charge on any atom is -0.347 e. The molecule has 2 rings (SSSR count). The van der Waals surface area contributed by atoms with Gasteiger partial charge in [-0.3, -0.25) is 5.10 Å². The number of nitrogens with one attached hydrogen (secondary N) is 2. The Morgan fingerprint density at radius 2 is 2.11 bits per heavy atom. The quantitative estimate of drug-likeness (QED) is 0.850. The minimum atomic E-state index is -0.110. The summed E-state index contributed by atoms with van der Waals surface area (Å²) in [7, 11) is 3.66. The van der Waals surface area contributed by atoms with Crippen LogP contribution in [0.15, 0.2) is 6.33 Å². The predicted octanol–water partition coefficient (Wildman–Crippen LogP) is 0.882. The Morgan fingerprint density at radius 3 is 2.72 bits per heavy atom. The lowest BCUT2D eigenvalue weighted by Crippen LogP contribution is -2.17. The number of nitrogens with zero attached hydrogens (tertiary/aromatic N) is 6. The number of hydrogen-bond acceptors (Lipinski definition) is 7. The third-order valence-electron chi connectivity index (χ3n) is 2.19.